The maximum absolute atomic E-state index is 6.13. The minimum absolute atomic E-state index is 0.111. The van der Waals surface area contributed by atoms with Crippen LogP contribution in [0.4, 0.5) is 0 Å². The number of ether oxygens (including phenoxy) is 1. The lowest BCUT2D eigenvalue weighted by molar-refractivity contribution is 0.0397. The Kier molecular flexibility index (Phi) is 5.49. The Morgan fingerprint density at radius 3 is 2.75 bits per heavy atom. The molecule has 0 fully saturated rings. The summed E-state index contributed by atoms with van der Waals surface area (Å²) in [6, 6.07) is 2.15. The number of hydrogen-bond acceptors (Lipinski definition) is 3. The molecule has 0 saturated carbocycles. The van der Waals surface area contributed by atoms with Crippen LogP contribution in [0.5, 0.6) is 0 Å². The van der Waals surface area contributed by atoms with Crippen LogP contribution in [-0.4, -0.2) is 28.5 Å². The predicted molar refractivity (Wildman–Crippen MR) is 65.2 cm³/mol. The first-order chi connectivity index (χ1) is 7.69. The van der Waals surface area contributed by atoms with Crippen molar-refractivity contribution in [2.75, 3.05) is 6.61 Å². The van der Waals surface area contributed by atoms with E-state index in [1.807, 2.05) is 30.9 Å². The van der Waals surface area contributed by atoms with Gasteiger partial charge >= 0.3 is 0 Å². The maximum atomic E-state index is 6.13. The average Bonchev–Trinajstić information content (AvgIpc) is 2.68. The van der Waals surface area contributed by atoms with E-state index in [0.717, 1.165) is 25.9 Å². The first-order valence-corrected chi connectivity index (χ1v) is 6.03. The Hall–Kier alpha value is -0.870. The van der Waals surface area contributed by atoms with E-state index in [9.17, 15) is 0 Å². The summed E-state index contributed by atoms with van der Waals surface area (Å²) in [5.74, 6) is 0. The summed E-state index contributed by atoms with van der Waals surface area (Å²) in [6.45, 7) is 4.86. The normalized spacial score (nSPS) is 15.0. The fraction of sp³-hybridized carbons (Fsp3) is 0.750. The van der Waals surface area contributed by atoms with Gasteiger partial charge in [0.25, 0.3) is 0 Å². The van der Waals surface area contributed by atoms with Crippen LogP contribution >= 0.6 is 0 Å². The zero-order valence-corrected chi connectivity index (χ0v) is 10.5. The van der Waals surface area contributed by atoms with Crippen molar-refractivity contribution in [2.24, 2.45) is 12.8 Å². The second kappa shape index (κ2) is 6.66. The SMILES string of the molecule is CCOC(CC)C(N)CCc1ccnn1C. The zero-order valence-electron chi connectivity index (χ0n) is 10.5. The van der Waals surface area contributed by atoms with Gasteiger partial charge < -0.3 is 10.5 Å². The molecule has 0 aliphatic rings. The summed E-state index contributed by atoms with van der Waals surface area (Å²) >= 11 is 0. The number of aryl methyl sites for hydroxylation is 2. The van der Waals surface area contributed by atoms with Gasteiger partial charge in [-0.05, 0) is 32.3 Å². The van der Waals surface area contributed by atoms with Crippen molar-refractivity contribution in [2.45, 2.75) is 45.3 Å². The van der Waals surface area contributed by atoms with Crippen molar-refractivity contribution in [1.29, 1.82) is 0 Å². The lowest BCUT2D eigenvalue weighted by Gasteiger charge is -2.22. The highest BCUT2D eigenvalue weighted by molar-refractivity contribution is 5.00. The Labute approximate surface area is 97.8 Å². The van der Waals surface area contributed by atoms with E-state index in [1.54, 1.807) is 0 Å². The Morgan fingerprint density at radius 1 is 1.50 bits per heavy atom. The molecule has 2 unspecified atom stereocenters. The molecule has 0 aliphatic heterocycles. The topological polar surface area (TPSA) is 53.1 Å². The van der Waals surface area contributed by atoms with Crippen LogP contribution in [-0.2, 0) is 18.2 Å². The molecule has 16 heavy (non-hydrogen) atoms. The smallest absolute Gasteiger partial charge is 0.0723 e. The number of rotatable bonds is 7. The second-order valence-corrected chi connectivity index (χ2v) is 4.05. The molecule has 4 nitrogen and oxygen atoms in total. The summed E-state index contributed by atoms with van der Waals surface area (Å²) in [6.07, 6.45) is 4.87. The lowest BCUT2D eigenvalue weighted by Crippen LogP contribution is -2.36. The Bertz CT molecular complexity index is 298. The van der Waals surface area contributed by atoms with Crippen molar-refractivity contribution in [3.63, 3.8) is 0 Å². The van der Waals surface area contributed by atoms with Gasteiger partial charge in [-0.2, -0.15) is 5.10 Å². The Balaban J connectivity index is 2.39. The summed E-state index contributed by atoms with van der Waals surface area (Å²) in [5, 5.41) is 4.14. The molecule has 0 saturated heterocycles. The van der Waals surface area contributed by atoms with Crippen LogP contribution in [0.3, 0.4) is 0 Å². The van der Waals surface area contributed by atoms with Crippen molar-refractivity contribution in [3.05, 3.63) is 18.0 Å². The van der Waals surface area contributed by atoms with Gasteiger partial charge in [-0.25, -0.2) is 0 Å². The average molecular weight is 225 g/mol. The van der Waals surface area contributed by atoms with E-state index in [4.69, 9.17) is 10.5 Å². The standard InChI is InChI=1S/C12H23N3O/c1-4-12(16-5-2)11(13)7-6-10-8-9-14-15(10)3/h8-9,11-12H,4-7,13H2,1-3H3. The van der Waals surface area contributed by atoms with Gasteiger partial charge in [-0.1, -0.05) is 6.92 Å². The molecule has 0 aromatic carbocycles. The zero-order chi connectivity index (χ0) is 12.0. The minimum atomic E-state index is 0.111. The number of aromatic nitrogens is 2. The van der Waals surface area contributed by atoms with Gasteiger partial charge in [0.1, 0.15) is 0 Å². The lowest BCUT2D eigenvalue weighted by atomic mass is 10.0. The van der Waals surface area contributed by atoms with Gasteiger partial charge in [0.15, 0.2) is 0 Å². The molecular formula is C12H23N3O. The molecule has 0 aliphatic carbocycles. The summed E-state index contributed by atoms with van der Waals surface area (Å²) in [7, 11) is 1.96. The van der Waals surface area contributed by atoms with E-state index < -0.39 is 0 Å². The van der Waals surface area contributed by atoms with Crippen molar-refractivity contribution < 1.29 is 4.74 Å². The van der Waals surface area contributed by atoms with Crippen LogP contribution in [0, 0.1) is 0 Å². The third-order valence-corrected chi connectivity index (χ3v) is 2.92. The first kappa shape index (κ1) is 13.2. The molecule has 1 rings (SSSR count). The summed E-state index contributed by atoms with van der Waals surface area (Å²) in [5.41, 5.74) is 7.35. The summed E-state index contributed by atoms with van der Waals surface area (Å²) < 4.78 is 7.50. The molecule has 92 valence electrons. The highest BCUT2D eigenvalue weighted by atomic mass is 16.5. The fourth-order valence-electron chi connectivity index (χ4n) is 1.91. The van der Waals surface area contributed by atoms with Crippen LogP contribution in [0.15, 0.2) is 12.3 Å². The van der Waals surface area contributed by atoms with Gasteiger partial charge in [0.05, 0.1) is 6.10 Å². The van der Waals surface area contributed by atoms with Gasteiger partial charge in [0.2, 0.25) is 0 Å². The van der Waals surface area contributed by atoms with Gasteiger partial charge in [-0.15, -0.1) is 0 Å². The molecule has 0 amide bonds. The van der Waals surface area contributed by atoms with E-state index in [0.29, 0.717) is 0 Å². The molecular weight excluding hydrogens is 202 g/mol. The van der Waals surface area contributed by atoms with Crippen molar-refractivity contribution >= 4 is 0 Å². The Morgan fingerprint density at radius 2 is 2.25 bits per heavy atom. The van der Waals surface area contributed by atoms with E-state index in [2.05, 4.69) is 12.0 Å². The van der Waals surface area contributed by atoms with Gasteiger partial charge in [0, 0.05) is 31.6 Å². The minimum Gasteiger partial charge on any atom is -0.377 e. The first-order valence-electron chi connectivity index (χ1n) is 6.03. The fourth-order valence-corrected chi connectivity index (χ4v) is 1.91. The van der Waals surface area contributed by atoms with Crippen LogP contribution < -0.4 is 5.73 Å². The molecule has 0 bridgehead atoms. The van der Waals surface area contributed by atoms with Crippen LogP contribution in [0.1, 0.15) is 32.4 Å². The quantitative estimate of drug-likeness (QED) is 0.765. The highest BCUT2D eigenvalue weighted by Crippen LogP contribution is 2.09. The molecule has 4 heteroatoms. The molecule has 1 heterocycles. The predicted octanol–water partition coefficient (Wildman–Crippen LogP) is 1.50. The van der Waals surface area contributed by atoms with Crippen LogP contribution in [0.25, 0.3) is 0 Å². The maximum Gasteiger partial charge on any atom is 0.0723 e. The van der Waals surface area contributed by atoms with Crippen molar-refractivity contribution in [1.82, 2.24) is 9.78 Å². The molecule has 0 radical (unpaired) electrons. The monoisotopic (exact) mass is 225 g/mol. The molecule has 2 atom stereocenters. The highest BCUT2D eigenvalue weighted by Gasteiger charge is 2.16. The number of nitrogens with two attached hydrogens (primary N) is 1. The van der Waals surface area contributed by atoms with E-state index >= 15 is 0 Å². The van der Waals surface area contributed by atoms with E-state index in [-0.39, 0.29) is 12.1 Å². The molecule has 0 spiro atoms. The summed E-state index contributed by atoms with van der Waals surface area (Å²) in [4.78, 5) is 0. The van der Waals surface area contributed by atoms with Crippen molar-refractivity contribution in [3.8, 4) is 0 Å². The molecule has 1 aromatic heterocycles. The van der Waals surface area contributed by atoms with Crippen LogP contribution in [0.2, 0.25) is 0 Å². The van der Waals surface area contributed by atoms with E-state index in [1.165, 1.54) is 5.69 Å². The number of hydrogen-bond donors (Lipinski definition) is 1. The van der Waals surface area contributed by atoms with Gasteiger partial charge in [-0.3, -0.25) is 4.68 Å². The second-order valence-electron chi connectivity index (χ2n) is 4.05. The third-order valence-electron chi connectivity index (χ3n) is 2.92. The number of nitrogens with zero attached hydrogens (tertiary/aromatic N) is 2. The third kappa shape index (κ3) is 3.61. The molecule has 1 aromatic rings. The largest absolute Gasteiger partial charge is 0.377 e. The molecule has 2 N–H and O–H groups in total.